The topological polar surface area (TPSA) is 58.2 Å². The van der Waals surface area contributed by atoms with Gasteiger partial charge < -0.3 is 10.6 Å². The van der Waals surface area contributed by atoms with Crippen molar-refractivity contribution < 1.29 is 9.59 Å². The SMILES string of the molecule is CC(C)(C)CCC(=O)NCCCCC(NC(C)(C)C)C(=O)C(C)(C)C. The number of nitrogens with one attached hydrogen (secondary N) is 2. The minimum absolute atomic E-state index is 0.0905. The molecule has 25 heavy (non-hydrogen) atoms. The lowest BCUT2D eigenvalue weighted by atomic mass is 9.84. The smallest absolute Gasteiger partial charge is 0.220 e. The Kier molecular flexibility index (Phi) is 9.35. The Bertz CT molecular complexity index is 423. The molecule has 4 heteroatoms. The normalized spacial score (nSPS) is 14.3. The molecule has 0 spiro atoms. The Morgan fingerprint density at radius 3 is 1.88 bits per heavy atom. The number of rotatable bonds is 9. The number of hydrogen-bond donors (Lipinski definition) is 2. The number of Topliss-reactive ketones (excluding diaryl/α,β-unsaturated/α-hetero) is 1. The van der Waals surface area contributed by atoms with E-state index < -0.39 is 0 Å². The highest BCUT2D eigenvalue weighted by molar-refractivity contribution is 5.88. The van der Waals surface area contributed by atoms with Gasteiger partial charge in [-0.1, -0.05) is 41.5 Å². The van der Waals surface area contributed by atoms with E-state index in [1.807, 2.05) is 20.8 Å². The summed E-state index contributed by atoms with van der Waals surface area (Å²) in [6, 6.07) is -0.128. The van der Waals surface area contributed by atoms with E-state index in [9.17, 15) is 9.59 Å². The molecule has 0 aliphatic carbocycles. The van der Waals surface area contributed by atoms with Gasteiger partial charge in [-0.25, -0.2) is 0 Å². The van der Waals surface area contributed by atoms with Crippen LogP contribution in [0.2, 0.25) is 0 Å². The van der Waals surface area contributed by atoms with Crippen LogP contribution in [0.25, 0.3) is 0 Å². The minimum atomic E-state index is -0.343. The summed E-state index contributed by atoms with van der Waals surface area (Å²) in [5.41, 5.74) is -0.243. The summed E-state index contributed by atoms with van der Waals surface area (Å²) in [7, 11) is 0. The van der Waals surface area contributed by atoms with Gasteiger partial charge in [0.15, 0.2) is 5.78 Å². The van der Waals surface area contributed by atoms with Gasteiger partial charge >= 0.3 is 0 Å². The molecule has 0 fully saturated rings. The molecule has 1 amide bonds. The highest BCUT2D eigenvalue weighted by Crippen LogP contribution is 2.21. The Morgan fingerprint density at radius 2 is 1.44 bits per heavy atom. The third-order valence-electron chi connectivity index (χ3n) is 4.01. The van der Waals surface area contributed by atoms with Crippen LogP contribution in [0, 0.1) is 10.8 Å². The van der Waals surface area contributed by atoms with Gasteiger partial charge in [-0.3, -0.25) is 9.59 Å². The van der Waals surface area contributed by atoms with Gasteiger partial charge in [0.1, 0.15) is 0 Å². The monoisotopic (exact) mass is 354 g/mol. The maximum atomic E-state index is 12.7. The maximum Gasteiger partial charge on any atom is 0.220 e. The largest absolute Gasteiger partial charge is 0.356 e. The van der Waals surface area contributed by atoms with Gasteiger partial charge in [0.05, 0.1) is 6.04 Å². The molecule has 0 radical (unpaired) electrons. The summed E-state index contributed by atoms with van der Waals surface area (Å²) in [4.78, 5) is 24.5. The van der Waals surface area contributed by atoms with E-state index in [0.717, 1.165) is 25.7 Å². The summed E-state index contributed by atoms with van der Waals surface area (Å²) < 4.78 is 0. The standard InChI is InChI=1S/C21H42N2O2/c1-19(2,3)14-13-17(24)22-15-11-10-12-16(23-21(7,8)9)18(25)20(4,5)6/h16,23H,10-15H2,1-9H3,(H,22,24). The fourth-order valence-corrected chi connectivity index (χ4v) is 2.59. The van der Waals surface area contributed by atoms with Gasteiger partial charge in [0.2, 0.25) is 5.91 Å². The van der Waals surface area contributed by atoms with Crippen molar-refractivity contribution in [3.8, 4) is 0 Å². The van der Waals surface area contributed by atoms with Crippen LogP contribution in [0.5, 0.6) is 0 Å². The van der Waals surface area contributed by atoms with Gasteiger partial charge in [0, 0.05) is 23.9 Å². The Morgan fingerprint density at radius 1 is 0.880 bits per heavy atom. The first-order chi connectivity index (χ1) is 11.1. The molecular weight excluding hydrogens is 312 g/mol. The van der Waals surface area contributed by atoms with E-state index in [1.54, 1.807) is 0 Å². The lowest BCUT2D eigenvalue weighted by molar-refractivity contribution is -0.129. The highest BCUT2D eigenvalue weighted by atomic mass is 16.1. The second-order valence-corrected chi connectivity index (χ2v) is 10.5. The van der Waals surface area contributed by atoms with Crippen LogP contribution in [-0.2, 0) is 9.59 Å². The van der Waals surface area contributed by atoms with Crippen molar-refractivity contribution in [1.82, 2.24) is 10.6 Å². The number of carbonyl (C=O) groups excluding carboxylic acids is 2. The van der Waals surface area contributed by atoms with E-state index in [4.69, 9.17) is 0 Å². The molecule has 4 nitrogen and oxygen atoms in total. The molecular formula is C21H42N2O2. The second-order valence-electron chi connectivity index (χ2n) is 10.5. The Hall–Kier alpha value is -0.900. The van der Waals surface area contributed by atoms with Crippen LogP contribution >= 0.6 is 0 Å². The molecule has 2 N–H and O–H groups in total. The van der Waals surface area contributed by atoms with E-state index >= 15 is 0 Å². The zero-order chi connectivity index (χ0) is 19.9. The maximum absolute atomic E-state index is 12.7. The second kappa shape index (κ2) is 9.70. The van der Waals surface area contributed by atoms with Crippen molar-refractivity contribution in [2.45, 2.75) is 106 Å². The first-order valence-corrected chi connectivity index (χ1v) is 9.70. The lowest BCUT2D eigenvalue weighted by Gasteiger charge is -2.31. The zero-order valence-corrected chi connectivity index (χ0v) is 18.1. The Labute approximate surface area is 155 Å². The molecule has 1 atom stereocenters. The number of carbonyl (C=O) groups is 2. The predicted octanol–water partition coefficient (Wildman–Crippen LogP) is 4.47. The van der Waals surface area contributed by atoms with Crippen molar-refractivity contribution in [3.63, 3.8) is 0 Å². The van der Waals surface area contributed by atoms with Crippen LogP contribution < -0.4 is 10.6 Å². The molecule has 0 aromatic rings. The van der Waals surface area contributed by atoms with Gasteiger partial charge in [-0.2, -0.15) is 0 Å². The number of amides is 1. The molecule has 148 valence electrons. The molecule has 0 aliphatic heterocycles. The van der Waals surface area contributed by atoms with Crippen molar-refractivity contribution in [2.24, 2.45) is 10.8 Å². The highest BCUT2D eigenvalue weighted by Gasteiger charge is 2.31. The van der Waals surface area contributed by atoms with Crippen molar-refractivity contribution >= 4 is 11.7 Å². The molecule has 0 aromatic carbocycles. The third kappa shape index (κ3) is 13.0. The van der Waals surface area contributed by atoms with Crippen LogP contribution in [0.4, 0.5) is 0 Å². The molecule has 0 aliphatic rings. The fraction of sp³-hybridized carbons (Fsp3) is 0.905. The molecule has 1 unspecified atom stereocenters. The van der Waals surface area contributed by atoms with Crippen LogP contribution in [0.3, 0.4) is 0 Å². The van der Waals surface area contributed by atoms with Crippen molar-refractivity contribution in [1.29, 1.82) is 0 Å². The fourth-order valence-electron chi connectivity index (χ4n) is 2.59. The average Bonchev–Trinajstić information content (AvgIpc) is 2.39. The first-order valence-electron chi connectivity index (χ1n) is 9.70. The van der Waals surface area contributed by atoms with Crippen LogP contribution in [0.15, 0.2) is 0 Å². The first kappa shape index (κ1) is 24.1. The van der Waals surface area contributed by atoms with E-state index in [-0.39, 0.29) is 34.1 Å². The van der Waals surface area contributed by atoms with Crippen LogP contribution in [-0.4, -0.2) is 29.8 Å². The third-order valence-corrected chi connectivity index (χ3v) is 4.01. The van der Waals surface area contributed by atoms with E-state index in [0.29, 0.717) is 13.0 Å². The van der Waals surface area contributed by atoms with Gasteiger partial charge in [-0.15, -0.1) is 0 Å². The number of ketones is 1. The van der Waals surface area contributed by atoms with Gasteiger partial charge in [0.25, 0.3) is 0 Å². The summed E-state index contributed by atoms with van der Waals surface area (Å²) >= 11 is 0. The van der Waals surface area contributed by atoms with Crippen LogP contribution in [0.1, 0.15) is 94.4 Å². The molecule has 0 aromatic heterocycles. The molecule has 0 saturated carbocycles. The quantitative estimate of drug-likeness (QED) is 0.601. The van der Waals surface area contributed by atoms with E-state index in [1.165, 1.54) is 0 Å². The van der Waals surface area contributed by atoms with Crippen molar-refractivity contribution in [3.05, 3.63) is 0 Å². The Balaban J connectivity index is 4.27. The van der Waals surface area contributed by atoms with E-state index in [2.05, 4.69) is 52.2 Å². The minimum Gasteiger partial charge on any atom is -0.356 e. The molecule has 0 rings (SSSR count). The summed E-state index contributed by atoms with van der Waals surface area (Å²) in [5, 5.41) is 6.45. The molecule has 0 bridgehead atoms. The zero-order valence-electron chi connectivity index (χ0n) is 18.1. The summed E-state index contributed by atoms with van der Waals surface area (Å²) in [5.74, 6) is 0.390. The predicted molar refractivity (Wildman–Crippen MR) is 107 cm³/mol. The molecule has 0 saturated heterocycles. The summed E-state index contributed by atoms with van der Waals surface area (Å²) in [6.45, 7) is 19.3. The number of hydrogen-bond acceptors (Lipinski definition) is 3. The average molecular weight is 355 g/mol. The van der Waals surface area contributed by atoms with Gasteiger partial charge in [-0.05, 0) is 51.9 Å². The molecule has 0 heterocycles. The number of unbranched alkanes of at least 4 members (excludes halogenated alkanes) is 1. The van der Waals surface area contributed by atoms with Crippen molar-refractivity contribution in [2.75, 3.05) is 6.54 Å². The lowest BCUT2D eigenvalue weighted by Crippen LogP contribution is -2.50. The summed E-state index contributed by atoms with van der Waals surface area (Å²) in [6.07, 6.45) is 4.12.